The van der Waals surface area contributed by atoms with Crippen molar-refractivity contribution in [3.8, 4) is 11.5 Å². The molecular weight excluding hydrogens is 294 g/mol. The van der Waals surface area contributed by atoms with Gasteiger partial charge in [-0.05, 0) is 18.6 Å². The summed E-state index contributed by atoms with van der Waals surface area (Å²) in [5.41, 5.74) is 0. The fraction of sp³-hybridized carbons (Fsp3) is 0.500. The van der Waals surface area contributed by atoms with Gasteiger partial charge in [-0.15, -0.1) is 0 Å². The van der Waals surface area contributed by atoms with Crippen molar-refractivity contribution in [3.63, 3.8) is 0 Å². The largest absolute Gasteiger partial charge is 0.493 e. The summed E-state index contributed by atoms with van der Waals surface area (Å²) < 4.78 is 33.5. The van der Waals surface area contributed by atoms with E-state index >= 15 is 0 Å². The maximum atomic E-state index is 12.1. The molecule has 1 unspecified atom stereocenters. The number of hydrogen-bond acceptors (Lipinski definition) is 5. The number of sulfone groups is 1. The summed E-state index contributed by atoms with van der Waals surface area (Å²) >= 11 is 0. The Morgan fingerprint density at radius 2 is 2.00 bits per heavy atom. The summed E-state index contributed by atoms with van der Waals surface area (Å²) in [4.78, 5) is 13.5. The van der Waals surface area contributed by atoms with E-state index in [1.165, 1.54) is 12.0 Å². The number of carbonyl (C=O) groups is 1. The van der Waals surface area contributed by atoms with E-state index in [9.17, 15) is 13.2 Å². The molecule has 0 saturated carbocycles. The first-order valence-electron chi connectivity index (χ1n) is 6.65. The predicted molar refractivity (Wildman–Crippen MR) is 78.3 cm³/mol. The summed E-state index contributed by atoms with van der Waals surface area (Å²) in [6, 6.07) is 6.79. The number of methoxy groups -OCH3 is 1. The molecule has 0 aliphatic carbocycles. The van der Waals surface area contributed by atoms with Crippen LogP contribution in [0, 0.1) is 0 Å². The molecule has 21 heavy (non-hydrogen) atoms. The summed E-state index contributed by atoms with van der Waals surface area (Å²) in [7, 11) is 0.131. The number of para-hydroxylation sites is 2. The Morgan fingerprint density at radius 1 is 1.33 bits per heavy atom. The SMILES string of the molecule is COc1ccccc1OCC(=O)N(C)C1CCS(=O)(=O)C1. The molecular formula is C14H19NO5S. The van der Waals surface area contributed by atoms with Crippen molar-refractivity contribution in [3.05, 3.63) is 24.3 Å². The van der Waals surface area contributed by atoms with Crippen LogP contribution in [0.1, 0.15) is 6.42 Å². The van der Waals surface area contributed by atoms with Crippen LogP contribution in [0.2, 0.25) is 0 Å². The molecule has 116 valence electrons. The summed E-state index contributed by atoms with van der Waals surface area (Å²) in [6.07, 6.45) is 0.485. The van der Waals surface area contributed by atoms with Gasteiger partial charge in [0.05, 0.1) is 18.6 Å². The number of benzene rings is 1. The van der Waals surface area contributed by atoms with Gasteiger partial charge < -0.3 is 14.4 Å². The second kappa shape index (κ2) is 6.34. The van der Waals surface area contributed by atoms with Crippen molar-refractivity contribution < 1.29 is 22.7 Å². The number of nitrogens with zero attached hydrogens (tertiary/aromatic N) is 1. The third-order valence-corrected chi connectivity index (χ3v) is 5.32. The molecule has 1 aliphatic heterocycles. The van der Waals surface area contributed by atoms with Crippen LogP contribution in [0.5, 0.6) is 11.5 Å². The molecule has 1 aromatic carbocycles. The van der Waals surface area contributed by atoms with E-state index in [0.717, 1.165) is 0 Å². The minimum Gasteiger partial charge on any atom is -0.493 e. The zero-order valence-corrected chi connectivity index (χ0v) is 12.9. The highest BCUT2D eigenvalue weighted by molar-refractivity contribution is 7.91. The first-order chi connectivity index (χ1) is 9.93. The van der Waals surface area contributed by atoms with E-state index < -0.39 is 9.84 Å². The van der Waals surface area contributed by atoms with Crippen molar-refractivity contribution in [2.45, 2.75) is 12.5 Å². The lowest BCUT2D eigenvalue weighted by Gasteiger charge is -2.23. The molecule has 1 amide bonds. The number of hydrogen-bond donors (Lipinski definition) is 0. The molecule has 1 saturated heterocycles. The number of likely N-dealkylation sites (N-methyl/N-ethyl adjacent to an activating group) is 1. The quantitative estimate of drug-likeness (QED) is 0.801. The van der Waals surface area contributed by atoms with Crippen molar-refractivity contribution >= 4 is 15.7 Å². The molecule has 1 heterocycles. The molecule has 1 fully saturated rings. The third-order valence-electron chi connectivity index (χ3n) is 3.57. The Kier molecular flexibility index (Phi) is 4.72. The van der Waals surface area contributed by atoms with E-state index in [-0.39, 0.29) is 30.1 Å². The maximum Gasteiger partial charge on any atom is 0.260 e. The minimum absolute atomic E-state index is 0.0316. The van der Waals surface area contributed by atoms with Crippen LogP contribution in [0.15, 0.2) is 24.3 Å². The molecule has 6 nitrogen and oxygen atoms in total. The van der Waals surface area contributed by atoms with E-state index in [4.69, 9.17) is 9.47 Å². The fourth-order valence-corrected chi connectivity index (χ4v) is 4.04. The predicted octanol–water partition coefficient (Wildman–Crippen LogP) is 0.720. The topological polar surface area (TPSA) is 72.9 Å². The van der Waals surface area contributed by atoms with Gasteiger partial charge in [-0.25, -0.2) is 8.42 Å². The smallest absolute Gasteiger partial charge is 0.260 e. The molecule has 2 rings (SSSR count). The molecule has 0 radical (unpaired) electrons. The van der Waals surface area contributed by atoms with Crippen molar-refractivity contribution in [2.75, 3.05) is 32.3 Å². The number of rotatable bonds is 5. The Balaban J connectivity index is 1.93. The first kappa shape index (κ1) is 15.6. The van der Waals surface area contributed by atoms with Gasteiger partial charge in [0, 0.05) is 13.1 Å². The van der Waals surface area contributed by atoms with Gasteiger partial charge in [0.2, 0.25) is 0 Å². The average molecular weight is 313 g/mol. The fourth-order valence-electron chi connectivity index (χ4n) is 2.26. The van der Waals surface area contributed by atoms with Crippen LogP contribution in [0.4, 0.5) is 0 Å². The van der Waals surface area contributed by atoms with Crippen LogP contribution >= 0.6 is 0 Å². The highest BCUT2D eigenvalue weighted by atomic mass is 32.2. The van der Waals surface area contributed by atoms with Crippen LogP contribution in [-0.4, -0.2) is 57.5 Å². The zero-order chi connectivity index (χ0) is 15.5. The molecule has 7 heteroatoms. The van der Waals surface area contributed by atoms with Gasteiger partial charge in [0.25, 0.3) is 5.91 Å². The Hall–Kier alpha value is -1.76. The van der Waals surface area contributed by atoms with Crippen LogP contribution in [-0.2, 0) is 14.6 Å². The van der Waals surface area contributed by atoms with E-state index in [0.29, 0.717) is 17.9 Å². The minimum atomic E-state index is -3.01. The van der Waals surface area contributed by atoms with E-state index in [1.807, 2.05) is 6.07 Å². The van der Waals surface area contributed by atoms with Crippen LogP contribution in [0.3, 0.4) is 0 Å². The third kappa shape index (κ3) is 3.87. The highest BCUT2D eigenvalue weighted by Crippen LogP contribution is 2.25. The van der Waals surface area contributed by atoms with Gasteiger partial charge in [-0.2, -0.15) is 0 Å². The molecule has 0 aromatic heterocycles. The van der Waals surface area contributed by atoms with Gasteiger partial charge in [0.1, 0.15) is 0 Å². The van der Waals surface area contributed by atoms with Crippen LogP contribution in [0.25, 0.3) is 0 Å². The van der Waals surface area contributed by atoms with Gasteiger partial charge in [0.15, 0.2) is 27.9 Å². The summed E-state index contributed by atoms with van der Waals surface area (Å²) in [5.74, 6) is 0.965. The standard InChI is InChI=1S/C14H19NO5S/c1-15(11-7-8-21(17,18)10-11)14(16)9-20-13-6-4-3-5-12(13)19-2/h3-6,11H,7-10H2,1-2H3. The zero-order valence-electron chi connectivity index (χ0n) is 12.1. The molecule has 1 aliphatic rings. The monoisotopic (exact) mass is 313 g/mol. The summed E-state index contributed by atoms with van der Waals surface area (Å²) in [6.45, 7) is -0.145. The van der Waals surface area contributed by atoms with Crippen molar-refractivity contribution in [1.29, 1.82) is 0 Å². The number of carbonyl (C=O) groups excluding carboxylic acids is 1. The average Bonchev–Trinajstić information content (AvgIpc) is 2.84. The maximum absolute atomic E-state index is 12.1. The lowest BCUT2D eigenvalue weighted by Crippen LogP contribution is -2.40. The van der Waals surface area contributed by atoms with Crippen LogP contribution < -0.4 is 9.47 Å². The van der Waals surface area contributed by atoms with E-state index in [1.54, 1.807) is 25.2 Å². The van der Waals surface area contributed by atoms with Gasteiger partial charge in [-0.1, -0.05) is 12.1 Å². The second-order valence-electron chi connectivity index (χ2n) is 5.00. The first-order valence-corrected chi connectivity index (χ1v) is 8.47. The van der Waals surface area contributed by atoms with Gasteiger partial charge >= 0.3 is 0 Å². The molecule has 0 bridgehead atoms. The number of ether oxygens (including phenoxy) is 2. The number of amides is 1. The van der Waals surface area contributed by atoms with Crippen molar-refractivity contribution in [2.24, 2.45) is 0 Å². The Bertz CT molecular complexity index is 614. The molecule has 0 N–H and O–H groups in total. The lowest BCUT2D eigenvalue weighted by atomic mass is 10.2. The summed E-state index contributed by atoms with van der Waals surface area (Å²) in [5, 5.41) is 0. The van der Waals surface area contributed by atoms with Crippen molar-refractivity contribution in [1.82, 2.24) is 4.90 Å². The second-order valence-corrected chi connectivity index (χ2v) is 7.23. The normalized spacial score (nSPS) is 20.0. The Morgan fingerprint density at radius 3 is 2.57 bits per heavy atom. The highest BCUT2D eigenvalue weighted by Gasteiger charge is 2.32. The van der Waals surface area contributed by atoms with Gasteiger partial charge in [-0.3, -0.25) is 4.79 Å². The Labute approximate surface area is 124 Å². The molecule has 0 spiro atoms. The van der Waals surface area contributed by atoms with E-state index in [2.05, 4.69) is 0 Å². The molecule has 1 atom stereocenters. The molecule has 1 aromatic rings. The lowest BCUT2D eigenvalue weighted by molar-refractivity contribution is -0.133.